The number of carbonyl (C=O) groups is 1. The van der Waals surface area contributed by atoms with Crippen molar-refractivity contribution in [2.45, 2.75) is 32.5 Å². The first kappa shape index (κ1) is 27.5. The number of nitrogens with zero attached hydrogens (tertiary/aromatic N) is 5. The number of amides is 1. The van der Waals surface area contributed by atoms with Gasteiger partial charge in [-0.2, -0.15) is 21.5 Å². The number of fused-ring (bicyclic) bond motifs is 3. The minimum Gasteiger partial charge on any atom is -0.496 e. The Morgan fingerprint density at radius 3 is 2.85 bits per heavy atom. The molecule has 0 bridgehead atoms. The van der Waals surface area contributed by atoms with E-state index in [1.165, 1.54) is 0 Å². The zero-order chi connectivity index (χ0) is 28.6. The molecule has 0 saturated carbocycles. The third-order valence-corrected chi connectivity index (χ3v) is 8.04. The zero-order valence-electron chi connectivity index (χ0n) is 23.6. The van der Waals surface area contributed by atoms with Gasteiger partial charge in [-0.3, -0.25) is 9.48 Å². The fourth-order valence-corrected chi connectivity index (χ4v) is 5.91. The van der Waals surface area contributed by atoms with E-state index < -0.39 is 5.54 Å². The third kappa shape index (κ3) is 5.12. The van der Waals surface area contributed by atoms with E-state index in [-0.39, 0.29) is 19.3 Å². The molecule has 3 aromatic heterocycles. The van der Waals surface area contributed by atoms with Gasteiger partial charge in [-0.25, -0.2) is 4.68 Å². The Morgan fingerprint density at radius 1 is 1.22 bits per heavy atom. The molecule has 216 valence electrons. The van der Waals surface area contributed by atoms with E-state index in [0.717, 1.165) is 33.6 Å². The first-order valence-corrected chi connectivity index (χ1v) is 14.3. The van der Waals surface area contributed by atoms with Gasteiger partial charge in [0.05, 0.1) is 56.6 Å². The maximum atomic E-state index is 14.0. The molecule has 2 aliphatic rings. The van der Waals surface area contributed by atoms with E-state index >= 15 is 0 Å². The lowest BCUT2D eigenvalue weighted by Gasteiger charge is -2.41. The van der Waals surface area contributed by atoms with Crippen molar-refractivity contribution >= 4 is 17.2 Å². The SMILES string of the molecule is COCOCCn1cc(-c2cc3c(cc2OC)OCc2c(C(=O)N4CCOCC4(C)C)nn(-c4ccsc4)c2-3)cn1. The summed E-state index contributed by atoms with van der Waals surface area (Å²) in [6.45, 7) is 7.02. The first-order valence-electron chi connectivity index (χ1n) is 13.4. The highest BCUT2D eigenvalue weighted by atomic mass is 32.1. The number of ether oxygens (including phenoxy) is 5. The van der Waals surface area contributed by atoms with Gasteiger partial charge in [0, 0.05) is 53.6 Å². The van der Waals surface area contributed by atoms with E-state index in [1.54, 1.807) is 31.8 Å². The van der Waals surface area contributed by atoms with Crippen LogP contribution in [0, 0.1) is 0 Å². The van der Waals surface area contributed by atoms with E-state index in [1.807, 2.05) is 63.3 Å². The minimum absolute atomic E-state index is 0.124. The Hall–Kier alpha value is -3.71. The summed E-state index contributed by atoms with van der Waals surface area (Å²) in [4.78, 5) is 15.9. The van der Waals surface area contributed by atoms with Gasteiger partial charge in [0.25, 0.3) is 5.91 Å². The topological polar surface area (TPSA) is 102 Å². The van der Waals surface area contributed by atoms with Crippen molar-refractivity contribution in [2.75, 3.05) is 47.4 Å². The fraction of sp³-hybridized carbons (Fsp3) is 0.414. The predicted molar refractivity (Wildman–Crippen MR) is 153 cm³/mol. The molecule has 1 amide bonds. The lowest BCUT2D eigenvalue weighted by atomic mass is 9.96. The molecule has 0 aliphatic carbocycles. The molecule has 0 atom stereocenters. The number of carbonyl (C=O) groups excluding carboxylic acids is 1. The Kier molecular flexibility index (Phi) is 7.56. The summed E-state index contributed by atoms with van der Waals surface area (Å²) in [6, 6.07) is 5.93. The molecule has 11 nitrogen and oxygen atoms in total. The minimum atomic E-state index is -0.447. The number of thiophene rings is 1. The number of methoxy groups -OCH3 is 2. The standard InChI is InChI=1S/C29H33N5O6S/c1-29(2)17-38-9-7-33(29)28(35)26-23-15-40-25-12-24(37-4)21(19-13-30-32(14-19)6-8-39-18-36-3)11-22(25)27(23)34(31-26)20-5-10-41-16-20/h5,10-14,16H,6-9,15,17-18H2,1-4H3. The zero-order valence-corrected chi connectivity index (χ0v) is 24.4. The second-order valence-electron chi connectivity index (χ2n) is 10.5. The maximum Gasteiger partial charge on any atom is 0.275 e. The van der Waals surface area contributed by atoms with E-state index in [0.29, 0.717) is 50.1 Å². The molecule has 0 spiro atoms. The number of hydrogen-bond donors (Lipinski definition) is 0. The number of benzene rings is 1. The fourth-order valence-electron chi connectivity index (χ4n) is 5.30. The summed E-state index contributed by atoms with van der Waals surface area (Å²) in [5.74, 6) is 1.21. The Labute approximate surface area is 242 Å². The normalized spacial score (nSPS) is 15.8. The first-order chi connectivity index (χ1) is 19.9. The summed E-state index contributed by atoms with van der Waals surface area (Å²) in [7, 11) is 3.23. The van der Waals surface area contributed by atoms with Gasteiger partial charge in [-0.1, -0.05) is 0 Å². The smallest absolute Gasteiger partial charge is 0.275 e. The molecule has 1 fully saturated rings. The summed E-state index contributed by atoms with van der Waals surface area (Å²) in [6.07, 6.45) is 3.76. The van der Waals surface area contributed by atoms with Gasteiger partial charge >= 0.3 is 0 Å². The molecule has 6 rings (SSSR count). The number of aromatic nitrogens is 4. The highest BCUT2D eigenvalue weighted by Crippen LogP contribution is 2.46. The Morgan fingerprint density at radius 2 is 2.10 bits per heavy atom. The average Bonchev–Trinajstić information content (AvgIpc) is 3.74. The number of morpholine rings is 1. The van der Waals surface area contributed by atoms with Crippen molar-refractivity contribution in [1.29, 1.82) is 0 Å². The van der Waals surface area contributed by atoms with Crippen molar-refractivity contribution in [1.82, 2.24) is 24.5 Å². The van der Waals surface area contributed by atoms with Crippen LogP contribution in [0.15, 0.2) is 41.4 Å². The van der Waals surface area contributed by atoms with Crippen LogP contribution in [0.2, 0.25) is 0 Å². The monoisotopic (exact) mass is 579 g/mol. The van der Waals surface area contributed by atoms with Crippen LogP contribution in [0.3, 0.4) is 0 Å². The molecule has 2 aliphatic heterocycles. The second-order valence-corrected chi connectivity index (χ2v) is 11.3. The van der Waals surface area contributed by atoms with Crippen LogP contribution in [-0.2, 0) is 27.4 Å². The average molecular weight is 580 g/mol. The molecule has 5 heterocycles. The van der Waals surface area contributed by atoms with Crippen LogP contribution in [0.25, 0.3) is 28.1 Å². The molecule has 0 radical (unpaired) electrons. The van der Waals surface area contributed by atoms with Gasteiger partial charge < -0.3 is 28.6 Å². The summed E-state index contributed by atoms with van der Waals surface area (Å²) < 4.78 is 31.7. The highest BCUT2D eigenvalue weighted by Gasteiger charge is 2.39. The van der Waals surface area contributed by atoms with Crippen LogP contribution in [0.4, 0.5) is 0 Å². The molecule has 41 heavy (non-hydrogen) atoms. The van der Waals surface area contributed by atoms with Crippen LogP contribution in [-0.4, -0.2) is 83.3 Å². The van der Waals surface area contributed by atoms with Crippen LogP contribution in [0.5, 0.6) is 11.5 Å². The molecular formula is C29H33N5O6S. The molecule has 4 aromatic rings. The lowest BCUT2D eigenvalue weighted by Crippen LogP contribution is -2.55. The van der Waals surface area contributed by atoms with Crippen LogP contribution >= 0.6 is 11.3 Å². The van der Waals surface area contributed by atoms with Crippen molar-refractivity contribution in [3.63, 3.8) is 0 Å². The molecule has 12 heteroatoms. The molecule has 1 aromatic carbocycles. The maximum absolute atomic E-state index is 14.0. The van der Waals surface area contributed by atoms with Gasteiger partial charge in [0.2, 0.25) is 0 Å². The molecule has 0 unspecified atom stereocenters. The van der Waals surface area contributed by atoms with Crippen LogP contribution in [0.1, 0.15) is 29.9 Å². The van der Waals surface area contributed by atoms with E-state index in [9.17, 15) is 4.79 Å². The third-order valence-electron chi connectivity index (χ3n) is 7.37. The molecule has 1 saturated heterocycles. The molecule has 0 N–H and O–H groups in total. The Balaban J connectivity index is 1.44. The molecular weight excluding hydrogens is 546 g/mol. The van der Waals surface area contributed by atoms with Gasteiger partial charge in [0.1, 0.15) is 24.9 Å². The second kappa shape index (κ2) is 11.3. The van der Waals surface area contributed by atoms with Crippen LogP contribution < -0.4 is 9.47 Å². The largest absolute Gasteiger partial charge is 0.496 e. The van der Waals surface area contributed by atoms with E-state index in [2.05, 4.69) is 5.10 Å². The summed E-state index contributed by atoms with van der Waals surface area (Å²) >= 11 is 1.58. The summed E-state index contributed by atoms with van der Waals surface area (Å²) in [5.41, 5.74) is 5.01. The summed E-state index contributed by atoms with van der Waals surface area (Å²) in [5, 5.41) is 13.4. The van der Waals surface area contributed by atoms with Gasteiger partial charge in [0.15, 0.2) is 5.69 Å². The predicted octanol–water partition coefficient (Wildman–Crippen LogP) is 4.24. The number of hydrogen-bond acceptors (Lipinski definition) is 9. The Bertz CT molecular complexity index is 1540. The van der Waals surface area contributed by atoms with Gasteiger partial charge in [-0.15, -0.1) is 0 Å². The van der Waals surface area contributed by atoms with Crippen molar-refractivity contribution in [3.8, 4) is 39.6 Å². The highest BCUT2D eigenvalue weighted by molar-refractivity contribution is 7.08. The van der Waals surface area contributed by atoms with Gasteiger partial charge in [-0.05, 0) is 31.4 Å². The quantitative estimate of drug-likeness (QED) is 0.214. The van der Waals surface area contributed by atoms with Crippen molar-refractivity contribution < 1.29 is 28.5 Å². The van der Waals surface area contributed by atoms with Crippen molar-refractivity contribution in [2.24, 2.45) is 0 Å². The van der Waals surface area contributed by atoms with Crippen molar-refractivity contribution in [3.05, 3.63) is 52.6 Å². The van der Waals surface area contributed by atoms with E-state index in [4.69, 9.17) is 28.8 Å². The number of rotatable bonds is 9. The lowest BCUT2D eigenvalue weighted by molar-refractivity contribution is -0.0374.